The van der Waals surface area contributed by atoms with Gasteiger partial charge in [-0.05, 0) is 24.6 Å². The number of nitrogen functional groups attached to an aromatic ring is 1. The summed E-state index contributed by atoms with van der Waals surface area (Å²) >= 11 is 0. The topological polar surface area (TPSA) is 70.5 Å². The molecule has 1 aromatic heterocycles. The zero-order valence-corrected chi connectivity index (χ0v) is 10.1. The number of hydrogen-bond acceptors (Lipinski definition) is 5. The molecule has 5 nitrogen and oxygen atoms in total. The van der Waals surface area contributed by atoms with Crippen molar-refractivity contribution in [3.8, 4) is 0 Å². The Balaban J connectivity index is 1.60. The fourth-order valence-corrected chi connectivity index (χ4v) is 2.08. The minimum absolute atomic E-state index is 0.394. The SMILES string of the molecule is Nc1ccc2oc(COCC3CCOC3)nc2c1. The van der Waals surface area contributed by atoms with Gasteiger partial charge in [-0.25, -0.2) is 4.98 Å². The standard InChI is InChI=1S/C13H16N2O3/c14-10-1-2-12-11(5-10)15-13(18-12)8-17-7-9-3-4-16-6-9/h1-2,5,9H,3-4,6-8,14H2. The first-order chi connectivity index (χ1) is 8.81. The number of anilines is 1. The van der Waals surface area contributed by atoms with Crippen molar-refractivity contribution in [2.24, 2.45) is 5.92 Å². The largest absolute Gasteiger partial charge is 0.438 e. The molecular weight excluding hydrogens is 232 g/mol. The highest BCUT2D eigenvalue weighted by atomic mass is 16.5. The summed E-state index contributed by atoms with van der Waals surface area (Å²) in [6, 6.07) is 5.42. The van der Waals surface area contributed by atoms with Crippen LogP contribution in [0.5, 0.6) is 0 Å². The Kier molecular flexibility index (Phi) is 3.17. The van der Waals surface area contributed by atoms with Crippen LogP contribution in [0.4, 0.5) is 5.69 Å². The molecule has 1 aliphatic heterocycles. The second-order valence-electron chi connectivity index (χ2n) is 4.58. The van der Waals surface area contributed by atoms with E-state index >= 15 is 0 Å². The molecule has 1 atom stereocenters. The van der Waals surface area contributed by atoms with Gasteiger partial charge < -0.3 is 19.6 Å². The molecule has 18 heavy (non-hydrogen) atoms. The van der Waals surface area contributed by atoms with Crippen molar-refractivity contribution in [1.29, 1.82) is 0 Å². The van der Waals surface area contributed by atoms with Crippen LogP contribution in [0.25, 0.3) is 11.1 Å². The fourth-order valence-electron chi connectivity index (χ4n) is 2.08. The van der Waals surface area contributed by atoms with Crippen molar-refractivity contribution in [3.63, 3.8) is 0 Å². The van der Waals surface area contributed by atoms with Crippen LogP contribution in [0.1, 0.15) is 12.3 Å². The van der Waals surface area contributed by atoms with E-state index in [0.29, 0.717) is 30.7 Å². The van der Waals surface area contributed by atoms with Gasteiger partial charge in [0.15, 0.2) is 5.58 Å². The lowest BCUT2D eigenvalue weighted by Gasteiger charge is -2.06. The number of ether oxygens (including phenoxy) is 2. The average Bonchev–Trinajstić information content (AvgIpc) is 2.97. The second-order valence-corrected chi connectivity index (χ2v) is 4.58. The lowest BCUT2D eigenvalue weighted by molar-refractivity contribution is 0.0674. The van der Waals surface area contributed by atoms with Gasteiger partial charge in [0.1, 0.15) is 12.1 Å². The maximum atomic E-state index is 5.69. The molecule has 1 saturated heterocycles. The Bertz CT molecular complexity index is 532. The monoisotopic (exact) mass is 248 g/mol. The molecule has 5 heteroatoms. The molecule has 0 aliphatic carbocycles. The Morgan fingerprint density at radius 3 is 3.22 bits per heavy atom. The first-order valence-corrected chi connectivity index (χ1v) is 6.12. The van der Waals surface area contributed by atoms with Crippen molar-refractivity contribution < 1.29 is 13.9 Å². The van der Waals surface area contributed by atoms with Crippen LogP contribution in [-0.2, 0) is 16.1 Å². The molecule has 1 aliphatic rings. The zero-order valence-electron chi connectivity index (χ0n) is 10.1. The molecule has 1 fully saturated rings. The molecule has 0 bridgehead atoms. The molecule has 2 N–H and O–H groups in total. The normalized spacial score (nSPS) is 19.7. The summed E-state index contributed by atoms with van der Waals surface area (Å²) < 4.78 is 16.4. The minimum Gasteiger partial charge on any atom is -0.438 e. The number of oxazole rings is 1. The van der Waals surface area contributed by atoms with Crippen LogP contribution in [0.2, 0.25) is 0 Å². The third kappa shape index (κ3) is 2.47. The highest BCUT2D eigenvalue weighted by Gasteiger charge is 2.16. The van der Waals surface area contributed by atoms with Gasteiger partial charge >= 0.3 is 0 Å². The van der Waals surface area contributed by atoms with Gasteiger partial charge in [0, 0.05) is 18.2 Å². The van der Waals surface area contributed by atoms with Gasteiger partial charge in [-0.2, -0.15) is 0 Å². The maximum absolute atomic E-state index is 5.69. The molecule has 0 amide bonds. The number of fused-ring (bicyclic) bond motifs is 1. The Morgan fingerprint density at radius 1 is 1.44 bits per heavy atom. The van der Waals surface area contributed by atoms with E-state index in [1.807, 2.05) is 6.07 Å². The molecule has 1 aromatic carbocycles. The summed E-state index contributed by atoms with van der Waals surface area (Å²) in [6.07, 6.45) is 1.07. The molecule has 3 rings (SSSR count). The van der Waals surface area contributed by atoms with Gasteiger partial charge in [0.25, 0.3) is 0 Å². The van der Waals surface area contributed by atoms with E-state index in [4.69, 9.17) is 19.6 Å². The molecule has 2 aromatic rings. The van der Waals surface area contributed by atoms with Crippen molar-refractivity contribution in [2.45, 2.75) is 13.0 Å². The van der Waals surface area contributed by atoms with Gasteiger partial charge in [-0.15, -0.1) is 0 Å². The minimum atomic E-state index is 0.394. The first-order valence-electron chi connectivity index (χ1n) is 6.12. The van der Waals surface area contributed by atoms with Crippen molar-refractivity contribution in [2.75, 3.05) is 25.6 Å². The molecule has 96 valence electrons. The van der Waals surface area contributed by atoms with E-state index in [0.717, 1.165) is 30.7 Å². The molecule has 0 saturated carbocycles. The van der Waals surface area contributed by atoms with E-state index in [1.165, 1.54) is 0 Å². The number of rotatable bonds is 4. The molecule has 2 heterocycles. The van der Waals surface area contributed by atoms with E-state index < -0.39 is 0 Å². The predicted molar refractivity (Wildman–Crippen MR) is 67.0 cm³/mol. The van der Waals surface area contributed by atoms with Crippen molar-refractivity contribution in [1.82, 2.24) is 4.98 Å². The third-order valence-corrected chi connectivity index (χ3v) is 3.06. The summed E-state index contributed by atoms with van der Waals surface area (Å²) in [5.41, 5.74) is 7.89. The molecular formula is C13H16N2O3. The number of benzene rings is 1. The number of aromatic nitrogens is 1. The van der Waals surface area contributed by atoms with Crippen LogP contribution in [0.3, 0.4) is 0 Å². The van der Waals surface area contributed by atoms with E-state index in [-0.39, 0.29) is 0 Å². The smallest absolute Gasteiger partial charge is 0.221 e. The summed E-state index contributed by atoms with van der Waals surface area (Å²) in [7, 11) is 0. The van der Waals surface area contributed by atoms with E-state index in [2.05, 4.69) is 4.98 Å². The van der Waals surface area contributed by atoms with Gasteiger partial charge in [0.05, 0.1) is 13.2 Å². The predicted octanol–water partition coefficient (Wildman–Crippen LogP) is 1.96. The van der Waals surface area contributed by atoms with E-state index in [1.54, 1.807) is 12.1 Å². The Morgan fingerprint density at radius 2 is 2.39 bits per heavy atom. The summed E-state index contributed by atoms with van der Waals surface area (Å²) in [6.45, 7) is 2.73. The summed E-state index contributed by atoms with van der Waals surface area (Å²) in [5.74, 6) is 1.10. The third-order valence-electron chi connectivity index (χ3n) is 3.06. The number of hydrogen-bond donors (Lipinski definition) is 1. The number of nitrogens with two attached hydrogens (primary N) is 1. The summed E-state index contributed by atoms with van der Waals surface area (Å²) in [4.78, 5) is 4.33. The van der Waals surface area contributed by atoms with Crippen LogP contribution in [-0.4, -0.2) is 24.8 Å². The fraction of sp³-hybridized carbons (Fsp3) is 0.462. The molecule has 1 unspecified atom stereocenters. The highest BCUT2D eigenvalue weighted by molar-refractivity contribution is 5.76. The van der Waals surface area contributed by atoms with Gasteiger partial charge in [0.2, 0.25) is 5.89 Å². The lowest BCUT2D eigenvalue weighted by atomic mass is 10.1. The van der Waals surface area contributed by atoms with Crippen molar-refractivity contribution in [3.05, 3.63) is 24.1 Å². The van der Waals surface area contributed by atoms with Crippen LogP contribution >= 0.6 is 0 Å². The van der Waals surface area contributed by atoms with E-state index in [9.17, 15) is 0 Å². The quantitative estimate of drug-likeness (QED) is 0.837. The zero-order chi connectivity index (χ0) is 12.4. The maximum Gasteiger partial charge on any atom is 0.221 e. The van der Waals surface area contributed by atoms with Gasteiger partial charge in [-0.1, -0.05) is 0 Å². The van der Waals surface area contributed by atoms with Gasteiger partial charge in [-0.3, -0.25) is 0 Å². The van der Waals surface area contributed by atoms with Crippen LogP contribution in [0, 0.1) is 5.92 Å². The molecule has 0 radical (unpaired) electrons. The van der Waals surface area contributed by atoms with Crippen LogP contribution in [0.15, 0.2) is 22.6 Å². The van der Waals surface area contributed by atoms with Crippen molar-refractivity contribution >= 4 is 16.8 Å². The summed E-state index contributed by atoms with van der Waals surface area (Å²) in [5, 5.41) is 0. The second kappa shape index (κ2) is 4.96. The average molecular weight is 248 g/mol. The highest BCUT2D eigenvalue weighted by Crippen LogP contribution is 2.19. The van der Waals surface area contributed by atoms with Crippen LogP contribution < -0.4 is 5.73 Å². The molecule has 0 spiro atoms. The Labute approximate surface area is 105 Å². The Hall–Kier alpha value is -1.59. The first kappa shape index (κ1) is 11.5. The number of nitrogens with zero attached hydrogens (tertiary/aromatic N) is 1. The lowest BCUT2D eigenvalue weighted by Crippen LogP contribution is -2.09.